The zero-order chi connectivity index (χ0) is 10.7. The molecule has 0 spiro atoms. The first kappa shape index (κ1) is 11.4. The van der Waals surface area contributed by atoms with Gasteiger partial charge in [-0.15, -0.1) is 0 Å². The second-order valence-electron chi connectivity index (χ2n) is 2.80. The van der Waals surface area contributed by atoms with Crippen LogP contribution in [0.2, 0.25) is 0 Å². The minimum atomic E-state index is -0.331. The zero-order valence-corrected chi connectivity index (χ0v) is 9.52. The molecule has 0 amide bonds. The lowest BCUT2D eigenvalue weighted by molar-refractivity contribution is 0.122. The van der Waals surface area contributed by atoms with Crippen molar-refractivity contribution in [3.8, 4) is 5.75 Å². The summed E-state index contributed by atoms with van der Waals surface area (Å²) in [6.07, 6.45) is 0. The SMILES string of the molecule is COc1c(CON)cc(Br)c(F)c1C. The number of benzene rings is 1. The van der Waals surface area contributed by atoms with Crippen molar-refractivity contribution < 1.29 is 14.0 Å². The Morgan fingerprint density at radius 2 is 2.21 bits per heavy atom. The molecule has 2 N–H and O–H groups in total. The Morgan fingerprint density at radius 1 is 1.57 bits per heavy atom. The predicted molar refractivity (Wildman–Crippen MR) is 54.4 cm³/mol. The number of hydrogen-bond donors (Lipinski definition) is 1. The smallest absolute Gasteiger partial charge is 0.143 e. The standard InChI is InChI=1S/C9H11BrFNO2/c1-5-8(11)7(10)3-6(4-14-12)9(5)13-2/h3H,4,12H2,1-2H3. The van der Waals surface area contributed by atoms with Crippen LogP contribution in [0.5, 0.6) is 5.75 Å². The van der Waals surface area contributed by atoms with Gasteiger partial charge in [0, 0.05) is 11.1 Å². The summed E-state index contributed by atoms with van der Waals surface area (Å²) >= 11 is 3.10. The molecule has 0 aliphatic carbocycles. The van der Waals surface area contributed by atoms with E-state index in [4.69, 9.17) is 10.6 Å². The van der Waals surface area contributed by atoms with E-state index in [1.54, 1.807) is 13.0 Å². The molecular formula is C9H11BrFNO2. The van der Waals surface area contributed by atoms with Gasteiger partial charge in [-0.3, -0.25) is 4.84 Å². The van der Waals surface area contributed by atoms with Gasteiger partial charge in [0.25, 0.3) is 0 Å². The second-order valence-corrected chi connectivity index (χ2v) is 3.66. The molecule has 0 aromatic heterocycles. The molecule has 1 aromatic rings. The first-order chi connectivity index (χ1) is 6.61. The third-order valence-electron chi connectivity index (χ3n) is 1.92. The van der Waals surface area contributed by atoms with Gasteiger partial charge in [0.15, 0.2) is 0 Å². The van der Waals surface area contributed by atoms with E-state index >= 15 is 0 Å². The van der Waals surface area contributed by atoms with E-state index in [1.807, 2.05) is 0 Å². The van der Waals surface area contributed by atoms with Gasteiger partial charge >= 0.3 is 0 Å². The fraction of sp³-hybridized carbons (Fsp3) is 0.333. The molecule has 0 saturated carbocycles. The van der Waals surface area contributed by atoms with Gasteiger partial charge in [-0.05, 0) is 28.9 Å². The summed E-state index contributed by atoms with van der Waals surface area (Å²) in [4.78, 5) is 4.50. The summed E-state index contributed by atoms with van der Waals surface area (Å²) in [6.45, 7) is 1.82. The van der Waals surface area contributed by atoms with Crippen LogP contribution < -0.4 is 10.6 Å². The minimum absolute atomic E-state index is 0.183. The molecule has 0 aliphatic heterocycles. The summed E-state index contributed by atoms with van der Waals surface area (Å²) in [6, 6.07) is 1.59. The molecule has 1 aromatic carbocycles. The fourth-order valence-electron chi connectivity index (χ4n) is 1.28. The summed E-state index contributed by atoms with van der Waals surface area (Å²) in [5.41, 5.74) is 1.15. The van der Waals surface area contributed by atoms with Crippen LogP contribution in [-0.2, 0) is 11.4 Å². The third kappa shape index (κ3) is 2.05. The normalized spacial score (nSPS) is 10.4. The van der Waals surface area contributed by atoms with Crippen LogP contribution in [0.3, 0.4) is 0 Å². The van der Waals surface area contributed by atoms with Gasteiger partial charge in [0.2, 0.25) is 0 Å². The van der Waals surface area contributed by atoms with Gasteiger partial charge in [-0.25, -0.2) is 10.3 Å². The first-order valence-electron chi connectivity index (χ1n) is 3.95. The van der Waals surface area contributed by atoms with Crippen molar-refractivity contribution >= 4 is 15.9 Å². The van der Waals surface area contributed by atoms with Crippen LogP contribution in [0.4, 0.5) is 4.39 Å². The Bertz CT molecular complexity index is 344. The highest BCUT2D eigenvalue weighted by Crippen LogP contribution is 2.31. The van der Waals surface area contributed by atoms with Crippen molar-refractivity contribution in [3.63, 3.8) is 0 Å². The van der Waals surface area contributed by atoms with Crippen molar-refractivity contribution in [3.05, 3.63) is 27.5 Å². The Hall–Kier alpha value is -0.650. The highest BCUT2D eigenvalue weighted by Gasteiger charge is 2.14. The highest BCUT2D eigenvalue weighted by molar-refractivity contribution is 9.10. The Morgan fingerprint density at radius 3 is 2.71 bits per heavy atom. The van der Waals surface area contributed by atoms with Crippen LogP contribution in [0.1, 0.15) is 11.1 Å². The van der Waals surface area contributed by atoms with Crippen LogP contribution in [-0.4, -0.2) is 7.11 Å². The van der Waals surface area contributed by atoms with Gasteiger partial charge in [-0.1, -0.05) is 0 Å². The van der Waals surface area contributed by atoms with Crippen molar-refractivity contribution in [2.24, 2.45) is 5.90 Å². The maximum absolute atomic E-state index is 13.4. The number of nitrogens with two attached hydrogens (primary N) is 1. The topological polar surface area (TPSA) is 44.5 Å². The Labute approximate surface area is 90.1 Å². The van der Waals surface area contributed by atoms with Gasteiger partial charge in [0.05, 0.1) is 18.2 Å². The monoisotopic (exact) mass is 263 g/mol. The molecule has 1 rings (SSSR count). The number of hydrogen-bond acceptors (Lipinski definition) is 3. The number of halogens is 2. The average molecular weight is 264 g/mol. The molecule has 0 saturated heterocycles. The second kappa shape index (κ2) is 4.72. The molecule has 78 valence electrons. The molecule has 0 aliphatic rings. The molecule has 0 radical (unpaired) electrons. The molecule has 5 heteroatoms. The lowest BCUT2D eigenvalue weighted by atomic mass is 10.1. The van der Waals surface area contributed by atoms with Gasteiger partial charge in [0.1, 0.15) is 11.6 Å². The van der Waals surface area contributed by atoms with E-state index in [0.717, 1.165) is 0 Å². The van der Waals surface area contributed by atoms with Crippen LogP contribution >= 0.6 is 15.9 Å². The fourth-order valence-corrected chi connectivity index (χ4v) is 1.86. The molecular weight excluding hydrogens is 253 g/mol. The largest absolute Gasteiger partial charge is 0.496 e. The maximum atomic E-state index is 13.4. The van der Waals surface area contributed by atoms with E-state index in [1.165, 1.54) is 7.11 Å². The Kier molecular flexibility index (Phi) is 3.86. The van der Waals surface area contributed by atoms with Crippen molar-refractivity contribution in [1.29, 1.82) is 0 Å². The van der Waals surface area contributed by atoms with Crippen LogP contribution in [0.25, 0.3) is 0 Å². The predicted octanol–water partition coefficient (Wildman–Crippen LogP) is 2.30. The minimum Gasteiger partial charge on any atom is -0.496 e. The lowest BCUT2D eigenvalue weighted by Gasteiger charge is -2.12. The summed E-state index contributed by atoms with van der Waals surface area (Å²) < 4.78 is 18.8. The molecule has 3 nitrogen and oxygen atoms in total. The molecule has 0 unspecified atom stereocenters. The summed E-state index contributed by atoms with van der Waals surface area (Å²) in [7, 11) is 1.48. The zero-order valence-electron chi connectivity index (χ0n) is 7.93. The van der Waals surface area contributed by atoms with Crippen LogP contribution in [0.15, 0.2) is 10.5 Å². The number of methoxy groups -OCH3 is 1. The molecule has 0 bridgehead atoms. The van der Waals surface area contributed by atoms with E-state index in [0.29, 0.717) is 21.3 Å². The van der Waals surface area contributed by atoms with Crippen molar-refractivity contribution in [1.82, 2.24) is 0 Å². The number of rotatable bonds is 3. The van der Waals surface area contributed by atoms with Gasteiger partial charge < -0.3 is 4.74 Å². The number of ether oxygens (including phenoxy) is 1. The Balaban J connectivity index is 3.28. The van der Waals surface area contributed by atoms with E-state index in [9.17, 15) is 4.39 Å². The summed E-state index contributed by atoms with van der Waals surface area (Å²) in [5.74, 6) is 5.10. The lowest BCUT2D eigenvalue weighted by Crippen LogP contribution is -2.03. The molecule has 0 atom stereocenters. The first-order valence-corrected chi connectivity index (χ1v) is 4.74. The van der Waals surface area contributed by atoms with Crippen LogP contribution in [0, 0.1) is 12.7 Å². The molecule has 0 heterocycles. The van der Waals surface area contributed by atoms with Crippen molar-refractivity contribution in [2.75, 3.05) is 7.11 Å². The quantitative estimate of drug-likeness (QED) is 0.852. The summed E-state index contributed by atoms with van der Waals surface area (Å²) in [5, 5.41) is 0. The third-order valence-corrected chi connectivity index (χ3v) is 2.49. The average Bonchev–Trinajstić information content (AvgIpc) is 2.16. The maximum Gasteiger partial charge on any atom is 0.143 e. The van der Waals surface area contributed by atoms with E-state index < -0.39 is 0 Å². The highest BCUT2D eigenvalue weighted by atomic mass is 79.9. The van der Waals surface area contributed by atoms with Crippen molar-refractivity contribution in [2.45, 2.75) is 13.5 Å². The van der Waals surface area contributed by atoms with E-state index in [-0.39, 0.29) is 12.4 Å². The van der Waals surface area contributed by atoms with Gasteiger partial charge in [-0.2, -0.15) is 0 Å². The van der Waals surface area contributed by atoms with E-state index in [2.05, 4.69) is 20.8 Å². The molecule has 14 heavy (non-hydrogen) atoms. The molecule has 0 fully saturated rings.